The van der Waals surface area contributed by atoms with Gasteiger partial charge in [-0.25, -0.2) is 4.98 Å². The second-order valence-corrected chi connectivity index (χ2v) is 7.22. The monoisotopic (exact) mass is 408 g/mol. The van der Waals surface area contributed by atoms with Crippen molar-refractivity contribution >= 4 is 27.7 Å². The molecule has 0 atom stereocenters. The lowest BCUT2D eigenvalue weighted by molar-refractivity contribution is 0.0946. The minimum Gasteiger partial charge on any atom is -0.497 e. The van der Waals surface area contributed by atoms with Crippen molar-refractivity contribution in [3.63, 3.8) is 0 Å². The molecule has 2 N–H and O–H groups in total. The van der Waals surface area contributed by atoms with E-state index in [0.717, 1.165) is 44.4 Å². The summed E-state index contributed by atoms with van der Waals surface area (Å²) in [5, 5.41) is 4.97. The number of H-pyrrole nitrogens is 1. The van der Waals surface area contributed by atoms with Gasteiger partial charge in [-0.05, 0) is 54.1 Å². The first-order chi connectivity index (χ1) is 15.2. The van der Waals surface area contributed by atoms with Crippen LogP contribution in [0.15, 0.2) is 79.1 Å². The molecular formula is C25H20N4O2. The molecular weight excluding hydrogens is 388 g/mol. The molecule has 0 unspecified atom stereocenters. The standard InChI is InChI=1S/C25H20N4O2/c1-31-18-8-6-17(7-9-18)23-24-20(19-4-2-3-5-21(19)28-24)14-22(29-23)25(30)27-15-16-10-12-26-13-11-16/h2-14,28H,15H2,1H3,(H,27,30). The Balaban J connectivity index is 1.61. The van der Waals surface area contributed by atoms with Crippen molar-refractivity contribution in [3.8, 4) is 17.0 Å². The van der Waals surface area contributed by atoms with Crippen molar-refractivity contribution < 1.29 is 9.53 Å². The first-order valence-electron chi connectivity index (χ1n) is 9.96. The van der Waals surface area contributed by atoms with E-state index in [4.69, 9.17) is 9.72 Å². The van der Waals surface area contributed by atoms with Gasteiger partial charge in [0.2, 0.25) is 0 Å². The predicted octanol–water partition coefficient (Wildman–Crippen LogP) is 4.72. The number of aromatic amines is 1. The van der Waals surface area contributed by atoms with E-state index in [9.17, 15) is 4.79 Å². The Morgan fingerprint density at radius 2 is 1.77 bits per heavy atom. The molecule has 3 heterocycles. The van der Waals surface area contributed by atoms with Gasteiger partial charge in [0.1, 0.15) is 11.4 Å². The van der Waals surface area contributed by atoms with Crippen molar-refractivity contribution in [2.24, 2.45) is 0 Å². The van der Waals surface area contributed by atoms with Crippen LogP contribution in [0.4, 0.5) is 0 Å². The van der Waals surface area contributed by atoms with Crippen LogP contribution < -0.4 is 10.1 Å². The average Bonchev–Trinajstić information content (AvgIpc) is 3.21. The van der Waals surface area contributed by atoms with Gasteiger partial charge < -0.3 is 15.0 Å². The highest BCUT2D eigenvalue weighted by molar-refractivity contribution is 6.13. The number of hydrogen-bond acceptors (Lipinski definition) is 4. The zero-order chi connectivity index (χ0) is 21.2. The van der Waals surface area contributed by atoms with E-state index < -0.39 is 0 Å². The molecule has 0 aliphatic rings. The van der Waals surface area contributed by atoms with E-state index in [1.165, 1.54) is 0 Å². The molecule has 5 aromatic rings. The molecule has 3 aromatic heterocycles. The summed E-state index contributed by atoms with van der Waals surface area (Å²) in [5.41, 5.74) is 4.89. The summed E-state index contributed by atoms with van der Waals surface area (Å²) >= 11 is 0. The average molecular weight is 408 g/mol. The first kappa shape index (κ1) is 18.8. The van der Waals surface area contributed by atoms with Crippen LogP contribution in [0.1, 0.15) is 16.1 Å². The van der Waals surface area contributed by atoms with Crippen LogP contribution in [-0.2, 0) is 6.54 Å². The van der Waals surface area contributed by atoms with Crippen molar-refractivity contribution in [2.45, 2.75) is 6.54 Å². The van der Waals surface area contributed by atoms with E-state index in [1.54, 1.807) is 19.5 Å². The molecule has 6 nitrogen and oxygen atoms in total. The number of fused-ring (bicyclic) bond motifs is 3. The number of rotatable bonds is 5. The number of nitrogens with one attached hydrogen (secondary N) is 2. The summed E-state index contributed by atoms with van der Waals surface area (Å²) in [6.07, 6.45) is 3.42. The Hall–Kier alpha value is -4.19. The van der Waals surface area contributed by atoms with Gasteiger partial charge in [0, 0.05) is 40.8 Å². The lowest BCUT2D eigenvalue weighted by Crippen LogP contribution is -2.24. The number of pyridine rings is 2. The molecule has 0 bridgehead atoms. The van der Waals surface area contributed by atoms with Gasteiger partial charge in [-0.3, -0.25) is 9.78 Å². The van der Waals surface area contributed by atoms with Crippen LogP contribution in [0, 0.1) is 0 Å². The maximum Gasteiger partial charge on any atom is 0.270 e. The lowest BCUT2D eigenvalue weighted by Gasteiger charge is -2.09. The SMILES string of the molecule is COc1ccc(-c2nc(C(=O)NCc3ccncc3)cc3c2[nH]c2ccccc23)cc1. The third kappa shape index (κ3) is 3.59. The van der Waals surface area contributed by atoms with Crippen molar-refractivity contribution in [3.05, 3.63) is 90.4 Å². The maximum absolute atomic E-state index is 13.0. The van der Waals surface area contributed by atoms with E-state index in [2.05, 4.69) is 15.3 Å². The third-order valence-corrected chi connectivity index (χ3v) is 5.29. The van der Waals surface area contributed by atoms with Crippen LogP contribution in [0.3, 0.4) is 0 Å². The smallest absolute Gasteiger partial charge is 0.270 e. The number of carbonyl (C=O) groups is 1. The quantitative estimate of drug-likeness (QED) is 0.441. The van der Waals surface area contributed by atoms with Gasteiger partial charge >= 0.3 is 0 Å². The number of para-hydroxylation sites is 1. The van der Waals surface area contributed by atoms with Crippen molar-refractivity contribution in [1.82, 2.24) is 20.3 Å². The molecule has 152 valence electrons. The number of methoxy groups -OCH3 is 1. The van der Waals surface area contributed by atoms with Gasteiger partial charge in [0.05, 0.1) is 18.3 Å². The zero-order valence-corrected chi connectivity index (χ0v) is 16.9. The van der Waals surface area contributed by atoms with E-state index in [1.807, 2.05) is 66.7 Å². The minimum absolute atomic E-state index is 0.223. The number of hydrogen-bond donors (Lipinski definition) is 2. The molecule has 5 rings (SSSR count). The number of benzene rings is 2. The van der Waals surface area contributed by atoms with Crippen LogP contribution in [0.5, 0.6) is 5.75 Å². The minimum atomic E-state index is -0.223. The molecule has 0 saturated heterocycles. The summed E-state index contributed by atoms with van der Waals surface area (Å²) in [5.74, 6) is 0.543. The summed E-state index contributed by atoms with van der Waals surface area (Å²) in [7, 11) is 1.64. The summed E-state index contributed by atoms with van der Waals surface area (Å²) in [6.45, 7) is 0.410. The van der Waals surface area contributed by atoms with Gasteiger partial charge in [-0.15, -0.1) is 0 Å². The van der Waals surface area contributed by atoms with E-state index in [-0.39, 0.29) is 5.91 Å². The van der Waals surface area contributed by atoms with Gasteiger partial charge in [0.25, 0.3) is 5.91 Å². The fraction of sp³-hybridized carbons (Fsp3) is 0.0800. The molecule has 6 heteroatoms. The molecule has 0 radical (unpaired) electrons. The first-order valence-corrected chi connectivity index (χ1v) is 9.96. The third-order valence-electron chi connectivity index (χ3n) is 5.29. The second-order valence-electron chi connectivity index (χ2n) is 7.22. The number of nitrogens with zero attached hydrogens (tertiary/aromatic N) is 2. The fourth-order valence-corrected chi connectivity index (χ4v) is 3.69. The molecule has 0 fully saturated rings. The van der Waals surface area contributed by atoms with Gasteiger partial charge in [0.15, 0.2) is 0 Å². The van der Waals surface area contributed by atoms with Crippen LogP contribution >= 0.6 is 0 Å². The Morgan fingerprint density at radius 3 is 2.55 bits per heavy atom. The van der Waals surface area contributed by atoms with E-state index in [0.29, 0.717) is 12.2 Å². The maximum atomic E-state index is 13.0. The topological polar surface area (TPSA) is 79.9 Å². The fourth-order valence-electron chi connectivity index (χ4n) is 3.69. The van der Waals surface area contributed by atoms with Gasteiger partial charge in [-0.2, -0.15) is 0 Å². The van der Waals surface area contributed by atoms with Gasteiger partial charge in [-0.1, -0.05) is 18.2 Å². The summed E-state index contributed by atoms with van der Waals surface area (Å²) in [6, 6.07) is 21.3. The van der Waals surface area contributed by atoms with Crippen LogP contribution in [-0.4, -0.2) is 28.0 Å². The normalized spacial score (nSPS) is 11.0. The molecule has 31 heavy (non-hydrogen) atoms. The highest BCUT2D eigenvalue weighted by atomic mass is 16.5. The lowest BCUT2D eigenvalue weighted by atomic mass is 10.1. The number of aromatic nitrogens is 3. The summed E-state index contributed by atoms with van der Waals surface area (Å²) in [4.78, 5) is 25.2. The second kappa shape index (κ2) is 7.91. The van der Waals surface area contributed by atoms with Crippen LogP contribution in [0.2, 0.25) is 0 Å². The Morgan fingerprint density at radius 1 is 1.00 bits per heavy atom. The highest BCUT2D eigenvalue weighted by Crippen LogP contribution is 2.33. The molecule has 2 aromatic carbocycles. The van der Waals surface area contributed by atoms with Crippen molar-refractivity contribution in [2.75, 3.05) is 7.11 Å². The Bertz CT molecular complexity index is 1380. The molecule has 1 amide bonds. The van der Waals surface area contributed by atoms with Crippen LogP contribution in [0.25, 0.3) is 33.1 Å². The summed E-state index contributed by atoms with van der Waals surface area (Å²) < 4.78 is 5.28. The van der Waals surface area contributed by atoms with E-state index >= 15 is 0 Å². The zero-order valence-electron chi connectivity index (χ0n) is 16.9. The number of ether oxygens (including phenoxy) is 1. The molecule has 0 spiro atoms. The Labute approximate surface area is 178 Å². The van der Waals surface area contributed by atoms with Crippen molar-refractivity contribution in [1.29, 1.82) is 0 Å². The predicted molar refractivity (Wildman–Crippen MR) is 121 cm³/mol. The molecule has 0 aliphatic carbocycles. The Kier molecular flexibility index (Phi) is 4.80. The number of carbonyl (C=O) groups excluding carboxylic acids is 1. The highest BCUT2D eigenvalue weighted by Gasteiger charge is 2.17. The number of amides is 1. The molecule has 0 aliphatic heterocycles. The molecule has 0 saturated carbocycles. The largest absolute Gasteiger partial charge is 0.497 e.